The van der Waals surface area contributed by atoms with Gasteiger partial charge in [0.05, 0.1) is 16.7 Å². The lowest BCUT2D eigenvalue weighted by atomic mass is 10.2. The lowest BCUT2D eigenvalue weighted by Gasteiger charge is -1.98. The maximum atomic E-state index is 11.2. The molecule has 0 fully saturated rings. The molecule has 0 saturated heterocycles. The van der Waals surface area contributed by atoms with Crippen molar-refractivity contribution in [1.29, 1.82) is 0 Å². The Balaban J connectivity index is 2.44. The van der Waals surface area contributed by atoms with Crippen molar-refractivity contribution >= 4 is 28.3 Å². The quantitative estimate of drug-likeness (QED) is 0.770. The van der Waals surface area contributed by atoms with Crippen LogP contribution in [-0.2, 0) is 0 Å². The Morgan fingerprint density at radius 3 is 2.65 bits per heavy atom. The fraction of sp³-hybridized carbons (Fsp3) is 0. The van der Waals surface area contributed by atoms with Crippen molar-refractivity contribution in [3.63, 3.8) is 0 Å². The van der Waals surface area contributed by atoms with Gasteiger partial charge in [-0.05, 0) is 18.2 Å². The van der Waals surface area contributed by atoms with Crippen molar-refractivity contribution in [2.45, 2.75) is 0 Å². The van der Waals surface area contributed by atoms with E-state index in [0.29, 0.717) is 15.6 Å². The molecule has 0 aliphatic rings. The number of anilines is 1. The minimum absolute atomic E-state index is 0.209. The summed E-state index contributed by atoms with van der Waals surface area (Å²) in [5.74, 6) is -0.0437. The van der Waals surface area contributed by atoms with Gasteiger partial charge in [0.25, 0.3) is 5.91 Å². The second-order valence-corrected chi connectivity index (χ2v) is 4.24. The van der Waals surface area contributed by atoms with Gasteiger partial charge in [-0.2, -0.15) is 0 Å². The van der Waals surface area contributed by atoms with Gasteiger partial charge in [-0.3, -0.25) is 10.1 Å². The van der Waals surface area contributed by atoms with Crippen LogP contribution >= 0.6 is 11.3 Å². The molecular formula is C10H9N3O3S. The van der Waals surface area contributed by atoms with E-state index >= 15 is 0 Å². The molecule has 0 aromatic carbocycles. The Bertz CT molecular complexity index is 559. The predicted octanol–water partition coefficient (Wildman–Crippen LogP) is 1.60. The first-order valence-corrected chi connectivity index (χ1v) is 5.43. The number of nitrogens with two attached hydrogens (primary N) is 2. The van der Waals surface area contributed by atoms with Gasteiger partial charge in [0, 0.05) is 0 Å². The van der Waals surface area contributed by atoms with E-state index in [9.17, 15) is 9.59 Å². The highest BCUT2D eigenvalue weighted by Gasteiger charge is 2.16. The molecule has 0 aliphatic carbocycles. The van der Waals surface area contributed by atoms with E-state index in [1.807, 2.05) is 0 Å². The van der Waals surface area contributed by atoms with E-state index in [0.717, 1.165) is 0 Å². The van der Waals surface area contributed by atoms with Gasteiger partial charge in [-0.1, -0.05) is 0 Å². The molecule has 17 heavy (non-hydrogen) atoms. The molecule has 2 heterocycles. The molecule has 0 radical (unpaired) electrons. The lowest BCUT2D eigenvalue weighted by Crippen LogP contribution is -2.21. The van der Waals surface area contributed by atoms with Gasteiger partial charge in [0.15, 0.2) is 0 Å². The zero-order valence-corrected chi connectivity index (χ0v) is 9.41. The Morgan fingerprint density at radius 1 is 1.35 bits per heavy atom. The third-order valence-electron chi connectivity index (χ3n) is 2.00. The zero-order valence-electron chi connectivity index (χ0n) is 8.60. The summed E-state index contributed by atoms with van der Waals surface area (Å²) in [6.45, 7) is 0. The zero-order chi connectivity index (χ0) is 12.4. The van der Waals surface area contributed by atoms with Crippen LogP contribution in [-0.4, -0.2) is 11.9 Å². The Labute approximate surface area is 100 Å². The van der Waals surface area contributed by atoms with E-state index in [4.69, 9.17) is 15.9 Å². The number of urea groups is 1. The van der Waals surface area contributed by atoms with Crippen LogP contribution in [0.2, 0.25) is 0 Å². The van der Waals surface area contributed by atoms with Crippen molar-refractivity contribution in [3.8, 4) is 10.6 Å². The normalized spacial score (nSPS) is 10.1. The van der Waals surface area contributed by atoms with E-state index in [2.05, 4.69) is 5.32 Å². The van der Waals surface area contributed by atoms with Crippen LogP contribution < -0.4 is 16.8 Å². The van der Waals surface area contributed by atoms with Crippen LogP contribution in [0.4, 0.5) is 9.80 Å². The number of rotatable bonds is 3. The summed E-state index contributed by atoms with van der Waals surface area (Å²) < 4.78 is 5.19. The molecule has 0 aliphatic heterocycles. The van der Waals surface area contributed by atoms with Crippen molar-refractivity contribution < 1.29 is 14.0 Å². The molecule has 0 spiro atoms. The number of amides is 3. The van der Waals surface area contributed by atoms with Crippen LogP contribution in [0.15, 0.2) is 28.9 Å². The van der Waals surface area contributed by atoms with Gasteiger partial charge in [-0.15, -0.1) is 11.3 Å². The van der Waals surface area contributed by atoms with Gasteiger partial charge in [0.2, 0.25) is 0 Å². The van der Waals surface area contributed by atoms with Crippen molar-refractivity contribution in [1.82, 2.24) is 0 Å². The molecular weight excluding hydrogens is 242 g/mol. The first-order valence-electron chi connectivity index (χ1n) is 4.62. The Kier molecular flexibility index (Phi) is 2.84. The number of primary amides is 2. The van der Waals surface area contributed by atoms with E-state index < -0.39 is 11.9 Å². The van der Waals surface area contributed by atoms with Crippen molar-refractivity contribution in [3.05, 3.63) is 30.0 Å². The lowest BCUT2D eigenvalue weighted by molar-refractivity contribution is 0.100. The molecule has 3 amide bonds. The van der Waals surface area contributed by atoms with Gasteiger partial charge in [0.1, 0.15) is 10.8 Å². The summed E-state index contributed by atoms with van der Waals surface area (Å²) in [4.78, 5) is 22.7. The molecule has 2 aromatic heterocycles. The highest BCUT2D eigenvalue weighted by Crippen LogP contribution is 2.35. The fourth-order valence-corrected chi connectivity index (χ4v) is 2.35. The Hall–Kier alpha value is -2.28. The van der Waals surface area contributed by atoms with Gasteiger partial charge < -0.3 is 15.9 Å². The predicted molar refractivity (Wildman–Crippen MR) is 63.7 cm³/mol. The summed E-state index contributed by atoms with van der Waals surface area (Å²) in [6, 6.07) is 4.27. The summed E-state index contributed by atoms with van der Waals surface area (Å²) in [6.07, 6.45) is 1.51. The number of hydrogen-bond acceptors (Lipinski definition) is 4. The Morgan fingerprint density at radius 2 is 2.12 bits per heavy atom. The number of nitrogens with one attached hydrogen (secondary N) is 1. The topological polar surface area (TPSA) is 111 Å². The number of furan rings is 1. The SMILES string of the molecule is NC(=O)Nc1sc(-c2ccco2)cc1C(N)=O. The van der Waals surface area contributed by atoms with Crippen molar-refractivity contribution in [2.24, 2.45) is 11.5 Å². The summed E-state index contributed by atoms with van der Waals surface area (Å²) >= 11 is 1.17. The average molecular weight is 251 g/mol. The standard InChI is InChI=1S/C10H9N3O3S/c11-8(14)5-4-7(6-2-1-3-16-6)17-9(5)13-10(12)15/h1-4H,(H2,11,14)(H3,12,13,15). The molecule has 88 valence electrons. The van der Waals surface area contributed by atoms with Gasteiger partial charge in [-0.25, -0.2) is 4.79 Å². The van der Waals surface area contributed by atoms with Crippen LogP contribution in [0.3, 0.4) is 0 Å². The molecule has 6 nitrogen and oxygen atoms in total. The molecule has 0 unspecified atom stereocenters. The minimum Gasteiger partial charge on any atom is -0.464 e. The fourth-order valence-electron chi connectivity index (χ4n) is 1.32. The molecule has 7 heteroatoms. The average Bonchev–Trinajstić information content (AvgIpc) is 2.82. The highest BCUT2D eigenvalue weighted by atomic mass is 32.1. The first kappa shape index (κ1) is 11.2. The summed E-state index contributed by atoms with van der Waals surface area (Å²) in [5, 5.41) is 2.67. The summed E-state index contributed by atoms with van der Waals surface area (Å²) in [7, 11) is 0. The smallest absolute Gasteiger partial charge is 0.317 e. The second kappa shape index (κ2) is 4.30. The third-order valence-corrected chi connectivity index (χ3v) is 3.06. The van der Waals surface area contributed by atoms with Crippen LogP contribution in [0, 0.1) is 0 Å². The maximum absolute atomic E-state index is 11.2. The van der Waals surface area contributed by atoms with E-state index in [1.54, 1.807) is 18.2 Å². The third kappa shape index (κ3) is 2.28. The maximum Gasteiger partial charge on any atom is 0.317 e. The molecule has 5 N–H and O–H groups in total. The van der Waals surface area contributed by atoms with Crippen LogP contribution in [0.25, 0.3) is 10.6 Å². The van der Waals surface area contributed by atoms with Crippen molar-refractivity contribution in [2.75, 3.05) is 5.32 Å². The summed E-state index contributed by atoms with van der Waals surface area (Å²) in [5.41, 5.74) is 10.4. The van der Waals surface area contributed by atoms with E-state index in [1.165, 1.54) is 17.6 Å². The van der Waals surface area contributed by atoms with Crippen LogP contribution in [0.1, 0.15) is 10.4 Å². The number of thiophene rings is 1. The highest BCUT2D eigenvalue weighted by molar-refractivity contribution is 7.20. The number of carbonyl (C=O) groups is 2. The monoisotopic (exact) mass is 251 g/mol. The number of hydrogen-bond donors (Lipinski definition) is 3. The molecule has 0 bridgehead atoms. The first-order chi connectivity index (χ1) is 8.08. The minimum atomic E-state index is -0.750. The number of carbonyl (C=O) groups excluding carboxylic acids is 2. The van der Waals surface area contributed by atoms with Gasteiger partial charge >= 0.3 is 6.03 Å². The molecule has 0 saturated carbocycles. The van der Waals surface area contributed by atoms with Crippen LogP contribution in [0.5, 0.6) is 0 Å². The molecule has 2 rings (SSSR count). The largest absolute Gasteiger partial charge is 0.464 e. The second-order valence-electron chi connectivity index (χ2n) is 3.18. The molecule has 2 aromatic rings. The van der Waals surface area contributed by atoms with E-state index in [-0.39, 0.29) is 5.56 Å². The molecule has 0 atom stereocenters.